The summed E-state index contributed by atoms with van der Waals surface area (Å²) in [5, 5.41) is 0. The second kappa shape index (κ2) is 13.1. The average Bonchev–Trinajstić information content (AvgIpc) is 3.26. The summed E-state index contributed by atoms with van der Waals surface area (Å²) in [4.78, 5) is 4.56. The molecule has 0 atom stereocenters. The molecule has 3 aromatic carbocycles. The molecule has 7 heteroatoms. The Morgan fingerprint density at radius 2 is 1.19 bits per heavy atom. The third-order valence-corrected chi connectivity index (χ3v) is 8.06. The van der Waals surface area contributed by atoms with Crippen LogP contribution in [-0.2, 0) is 13.5 Å². The van der Waals surface area contributed by atoms with Crippen LogP contribution in [0.5, 0.6) is 11.5 Å². The molecule has 4 nitrogen and oxygen atoms in total. The summed E-state index contributed by atoms with van der Waals surface area (Å²) < 4.78 is 12.1. The number of hydrogen-bond donors (Lipinski definition) is 0. The molecule has 1 heterocycles. The third kappa shape index (κ3) is 7.50. The number of rotatable bonds is 5. The first-order chi connectivity index (χ1) is 17.5. The summed E-state index contributed by atoms with van der Waals surface area (Å²) in [6.45, 7) is 18.7. The van der Waals surface area contributed by atoms with Crippen molar-refractivity contribution < 1.29 is 23.0 Å². The minimum absolute atomic E-state index is 0.755. The maximum atomic E-state index is 5.79. The molecular weight excluding hydrogens is 592 g/mol. The van der Waals surface area contributed by atoms with E-state index >= 15 is 0 Å². The minimum atomic E-state index is -1.83. The molecule has 0 unspecified atom stereocenters. The van der Waals surface area contributed by atoms with Crippen LogP contribution in [0, 0.1) is 48.2 Å². The van der Waals surface area contributed by atoms with Gasteiger partial charge in [0, 0.05) is 24.5 Å². The zero-order chi connectivity index (χ0) is 27.3. The predicted molar refractivity (Wildman–Crippen MR) is 156 cm³/mol. The van der Waals surface area contributed by atoms with E-state index in [0.29, 0.717) is 0 Å². The molecule has 0 N–H and O–H groups in total. The molecule has 1 fully saturated rings. The van der Waals surface area contributed by atoms with Crippen molar-refractivity contribution in [1.82, 2.24) is 0 Å². The van der Waals surface area contributed by atoms with E-state index < -0.39 is 13.5 Å². The zero-order valence-electron chi connectivity index (χ0n) is 22.9. The van der Waals surface area contributed by atoms with Crippen LogP contribution < -0.4 is 19.3 Å². The summed E-state index contributed by atoms with van der Waals surface area (Å²) >= 11 is -1.83. The van der Waals surface area contributed by atoms with E-state index in [1.165, 1.54) is 44.8 Å². The molecule has 1 aliphatic rings. The first-order valence-corrected chi connectivity index (χ1v) is 17.5. The molecule has 0 bridgehead atoms. The predicted octanol–water partition coefficient (Wildman–Crippen LogP) is 7.64. The van der Waals surface area contributed by atoms with Crippen LogP contribution in [0.15, 0.2) is 42.5 Å². The van der Waals surface area contributed by atoms with E-state index in [2.05, 4.69) is 82.3 Å². The Hall–Kier alpha value is -2.07. The zero-order valence-corrected chi connectivity index (χ0v) is 26.1. The number of halogens is 2. The molecule has 3 aromatic rings. The van der Waals surface area contributed by atoms with Gasteiger partial charge in [-0.15, -0.1) is 0 Å². The van der Waals surface area contributed by atoms with Gasteiger partial charge in [-0.05, 0) is 63.8 Å². The Morgan fingerprint density at radius 1 is 0.730 bits per heavy atom. The van der Waals surface area contributed by atoms with Crippen LogP contribution in [0.3, 0.4) is 0 Å². The number of nitrogens with zero attached hydrogens (tertiary/aromatic N) is 2. The number of hydrogen-bond acceptors (Lipinski definition) is 4. The van der Waals surface area contributed by atoms with Gasteiger partial charge in [-0.3, -0.25) is 0 Å². The Balaban J connectivity index is 0.000000233. The molecule has 1 saturated heterocycles. The molecular formula is C30H36Cl2N2O2Ru. The standard InChI is InChI=1S/C21H26N2.C9H10O2.2ClH.Ru/c1-14-9-16(3)20(17(4)10-14)22-7-8-23(13-22)21-18(5)11-15(2)12-19(21)6;1-7-6-8(10-2)4-5-9(7)11-3;;;/h9-12H,7-8H2,1-6H3;1,4-6H,2-3H3;2*1H;/q;;;;+2/p-2. The maximum absolute atomic E-state index is 5.79. The average molecular weight is 629 g/mol. The van der Waals surface area contributed by atoms with Crippen LogP contribution in [-0.4, -0.2) is 31.9 Å². The molecule has 2 radical (unpaired) electrons. The van der Waals surface area contributed by atoms with Crippen molar-refractivity contribution in [2.24, 2.45) is 0 Å². The van der Waals surface area contributed by atoms with Crippen LogP contribution in [0.2, 0.25) is 0 Å². The van der Waals surface area contributed by atoms with Crippen molar-refractivity contribution in [3.8, 4) is 11.5 Å². The smallest absolute Gasteiger partial charge is 0.208 e. The van der Waals surface area contributed by atoms with Gasteiger partial charge in [0.2, 0.25) is 6.67 Å². The van der Waals surface area contributed by atoms with E-state index in [1.807, 2.05) is 22.8 Å². The largest absolute Gasteiger partial charge is 0.339 e. The van der Waals surface area contributed by atoms with E-state index in [-0.39, 0.29) is 0 Å². The number of benzene rings is 3. The van der Waals surface area contributed by atoms with Crippen molar-refractivity contribution in [2.75, 3.05) is 37.1 Å². The van der Waals surface area contributed by atoms with Gasteiger partial charge in [0.1, 0.15) is 0 Å². The van der Waals surface area contributed by atoms with Gasteiger partial charge in [0.15, 0.2) is 0 Å². The van der Waals surface area contributed by atoms with Gasteiger partial charge in [0.05, 0.1) is 0 Å². The van der Waals surface area contributed by atoms with E-state index in [0.717, 1.165) is 30.2 Å². The van der Waals surface area contributed by atoms with E-state index in [4.69, 9.17) is 28.9 Å². The first-order valence-electron chi connectivity index (χ1n) is 12.1. The van der Waals surface area contributed by atoms with Crippen molar-refractivity contribution in [3.63, 3.8) is 0 Å². The Bertz CT molecular complexity index is 1180. The van der Waals surface area contributed by atoms with Crippen LogP contribution >= 0.6 is 19.4 Å². The summed E-state index contributed by atoms with van der Waals surface area (Å²) in [5.74, 6) is 1.52. The number of ether oxygens (including phenoxy) is 2. The summed E-state index contributed by atoms with van der Waals surface area (Å²) in [6.07, 6.45) is 0. The molecule has 0 aliphatic carbocycles. The van der Waals surface area contributed by atoms with Gasteiger partial charge >= 0.3 is 96.5 Å². The van der Waals surface area contributed by atoms with Gasteiger partial charge < -0.3 is 9.80 Å². The molecule has 200 valence electrons. The number of aryl methyl sites for hydroxylation is 6. The van der Waals surface area contributed by atoms with Gasteiger partial charge in [-0.25, -0.2) is 0 Å². The van der Waals surface area contributed by atoms with Gasteiger partial charge in [-0.1, -0.05) is 35.4 Å². The first kappa shape index (κ1) is 29.5. The maximum Gasteiger partial charge on any atom is 0.208 e. The van der Waals surface area contributed by atoms with Crippen LogP contribution in [0.25, 0.3) is 0 Å². The second-order valence-electron chi connectivity index (χ2n) is 9.31. The van der Waals surface area contributed by atoms with Crippen molar-refractivity contribution >= 4 is 35.4 Å². The molecule has 37 heavy (non-hydrogen) atoms. The fraction of sp³-hybridized carbons (Fsp3) is 0.333. The Kier molecular flexibility index (Phi) is 10.5. The second-order valence-corrected chi connectivity index (χ2v) is 15.0. The summed E-state index contributed by atoms with van der Waals surface area (Å²) in [6, 6.07) is 14.5. The molecule has 1 aliphatic heterocycles. The fourth-order valence-electron chi connectivity index (χ4n) is 4.97. The number of methoxy groups -OCH3 is 2. The van der Waals surface area contributed by atoms with Gasteiger partial charge in [-0.2, -0.15) is 0 Å². The Morgan fingerprint density at radius 3 is 1.57 bits per heavy atom. The topological polar surface area (TPSA) is 24.9 Å². The van der Waals surface area contributed by atoms with Crippen molar-refractivity contribution in [1.29, 1.82) is 0 Å². The fourth-order valence-corrected chi connectivity index (χ4v) is 6.75. The minimum Gasteiger partial charge on any atom is -0.339 e. The van der Waals surface area contributed by atoms with Crippen LogP contribution in [0.4, 0.5) is 11.4 Å². The molecule has 0 saturated carbocycles. The van der Waals surface area contributed by atoms with E-state index in [1.54, 1.807) is 14.2 Å². The SMILES string of the molecule is COc1ccc(OC)c([CH]=[Ru]([Cl])[Cl])c1.Cc1cc(C)c(N2[C]N(c3c(C)cc(C)cc3C)CC2)c(C)c1. The molecule has 0 spiro atoms. The number of anilines is 2. The summed E-state index contributed by atoms with van der Waals surface area (Å²) in [5.41, 5.74) is 11.5. The monoisotopic (exact) mass is 628 g/mol. The quantitative estimate of drug-likeness (QED) is 0.271. The van der Waals surface area contributed by atoms with Crippen LogP contribution in [0.1, 0.15) is 38.9 Å². The Labute approximate surface area is 235 Å². The normalized spacial score (nSPS) is 13.2. The van der Waals surface area contributed by atoms with Crippen molar-refractivity contribution in [2.45, 2.75) is 41.5 Å². The van der Waals surface area contributed by atoms with E-state index in [9.17, 15) is 0 Å². The molecule has 4 rings (SSSR count). The van der Waals surface area contributed by atoms with Crippen molar-refractivity contribution in [3.05, 3.63) is 88.1 Å². The molecule has 0 amide bonds. The molecule has 0 aromatic heterocycles. The summed E-state index contributed by atoms with van der Waals surface area (Å²) in [7, 11) is 14.8. The third-order valence-electron chi connectivity index (χ3n) is 6.22. The van der Waals surface area contributed by atoms with Gasteiger partial charge in [0.25, 0.3) is 0 Å².